The molecule has 0 aromatic carbocycles. The van der Waals surface area contributed by atoms with Crippen LogP contribution in [0.4, 0.5) is 4.39 Å². The summed E-state index contributed by atoms with van der Waals surface area (Å²) in [4.78, 5) is 13.0. The van der Waals surface area contributed by atoms with Gasteiger partial charge in [-0.05, 0) is 32.4 Å². The molecule has 1 unspecified atom stereocenters. The van der Waals surface area contributed by atoms with Gasteiger partial charge in [0, 0.05) is 11.3 Å². The molecule has 1 aliphatic rings. The number of rotatable bonds is 2. The highest BCUT2D eigenvalue weighted by atomic mass is 35.5. The van der Waals surface area contributed by atoms with Gasteiger partial charge < -0.3 is 5.11 Å². The maximum atomic E-state index is 14.4. The average Bonchev–Trinajstić information content (AvgIpc) is 2.51. The molecule has 118 valence electrons. The Bertz CT molecular complexity index is 728. The second kappa shape index (κ2) is 6.26. The lowest BCUT2D eigenvalue weighted by atomic mass is 9.83. The Balaban J connectivity index is 2.25. The maximum Gasteiger partial charge on any atom is 0.188 e. The van der Waals surface area contributed by atoms with Gasteiger partial charge in [-0.2, -0.15) is 0 Å². The maximum absolute atomic E-state index is 14.4. The lowest BCUT2D eigenvalue weighted by Crippen LogP contribution is -2.20. The Morgan fingerprint density at radius 2 is 2.05 bits per heavy atom. The summed E-state index contributed by atoms with van der Waals surface area (Å²) in [6, 6.07) is 0. The van der Waals surface area contributed by atoms with E-state index in [1.54, 1.807) is 6.92 Å². The number of aliphatic hydroxyl groups is 1. The molecule has 2 aromatic heterocycles. The molecule has 1 saturated carbocycles. The molecule has 1 fully saturated rings. The van der Waals surface area contributed by atoms with E-state index in [4.69, 9.17) is 11.6 Å². The summed E-state index contributed by atoms with van der Waals surface area (Å²) in [5, 5.41) is 10.9. The molecule has 22 heavy (non-hydrogen) atoms. The zero-order valence-electron chi connectivity index (χ0n) is 12.4. The van der Waals surface area contributed by atoms with Gasteiger partial charge in [-0.25, -0.2) is 19.3 Å². The first-order valence-electron chi connectivity index (χ1n) is 7.26. The molecule has 0 radical (unpaired) electrons. The number of halogens is 2. The lowest BCUT2D eigenvalue weighted by Gasteiger charge is -2.26. The first-order valence-corrected chi connectivity index (χ1v) is 8.86. The quantitative estimate of drug-likeness (QED) is 0.510. The van der Waals surface area contributed by atoms with Crippen molar-refractivity contribution in [1.82, 2.24) is 15.0 Å². The van der Waals surface area contributed by atoms with Crippen molar-refractivity contribution in [3.05, 3.63) is 22.4 Å². The van der Waals surface area contributed by atoms with Crippen molar-refractivity contribution in [2.75, 3.05) is 6.26 Å². The van der Waals surface area contributed by atoms with E-state index >= 15 is 0 Å². The molecular formula is C15H17ClFN3OS. The second-order valence-electron chi connectivity index (χ2n) is 5.64. The summed E-state index contributed by atoms with van der Waals surface area (Å²) >= 11 is 7.22. The van der Waals surface area contributed by atoms with Gasteiger partial charge in [0.25, 0.3) is 0 Å². The van der Waals surface area contributed by atoms with Gasteiger partial charge in [-0.15, -0.1) is 0 Å². The van der Waals surface area contributed by atoms with Gasteiger partial charge in [0.1, 0.15) is 5.52 Å². The zero-order valence-corrected chi connectivity index (χ0v) is 14.0. The van der Waals surface area contributed by atoms with Crippen molar-refractivity contribution in [2.24, 2.45) is 0 Å². The third kappa shape index (κ3) is 2.79. The number of pyridine rings is 1. The Morgan fingerprint density at radius 1 is 1.27 bits per heavy atom. The normalized spacial score (nSPS) is 22.2. The molecular weight excluding hydrogens is 325 g/mol. The Hall–Kier alpha value is -0.980. The largest absolute Gasteiger partial charge is 0.393 e. The number of aryl methyl sites for hydroxylation is 1. The summed E-state index contributed by atoms with van der Waals surface area (Å²) < 4.78 is 14.4. The van der Waals surface area contributed by atoms with Crippen molar-refractivity contribution in [2.45, 2.75) is 49.8 Å². The minimum Gasteiger partial charge on any atom is -0.393 e. The van der Waals surface area contributed by atoms with Crippen molar-refractivity contribution in [3.63, 3.8) is 0 Å². The zero-order chi connectivity index (χ0) is 15.9. The van der Waals surface area contributed by atoms with Gasteiger partial charge in [-0.3, -0.25) is 0 Å². The fraction of sp³-hybridized carbons (Fsp3) is 0.533. The third-order valence-electron chi connectivity index (χ3n) is 4.15. The summed E-state index contributed by atoms with van der Waals surface area (Å²) in [6.45, 7) is 1.79. The summed E-state index contributed by atoms with van der Waals surface area (Å²) in [5.74, 6) is -0.501. The molecule has 1 aliphatic carbocycles. The van der Waals surface area contributed by atoms with E-state index in [2.05, 4.69) is 15.0 Å². The Kier molecular flexibility index (Phi) is 4.52. The first kappa shape index (κ1) is 15.9. The van der Waals surface area contributed by atoms with Crippen LogP contribution in [0.25, 0.3) is 10.9 Å². The van der Waals surface area contributed by atoms with Crippen molar-refractivity contribution < 1.29 is 9.50 Å². The molecule has 2 heterocycles. The molecule has 3 rings (SSSR count). The topological polar surface area (TPSA) is 58.9 Å². The van der Waals surface area contributed by atoms with Crippen LogP contribution in [0.15, 0.2) is 5.16 Å². The summed E-state index contributed by atoms with van der Waals surface area (Å²) in [6.07, 6.45) is 4.85. The van der Waals surface area contributed by atoms with Crippen molar-refractivity contribution >= 4 is 34.3 Å². The smallest absolute Gasteiger partial charge is 0.188 e. The Morgan fingerprint density at radius 3 is 2.73 bits per heavy atom. The number of thioether (sulfide) groups is 1. The molecule has 0 amide bonds. The van der Waals surface area contributed by atoms with Crippen LogP contribution in [-0.2, 0) is 0 Å². The van der Waals surface area contributed by atoms with Crippen LogP contribution >= 0.6 is 23.4 Å². The lowest BCUT2D eigenvalue weighted by molar-refractivity contribution is 0.119. The fourth-order valence-electron chi connectivity index (χ4n) is 3.12. The van der Waals surface area contributed by atoms with Gasteiger partial charge in [0.2, 0.25) is 0 Å². The van der Waals surface area contributed by atoms with Crippen LogP contribution in [-0.4, -0.2) is 32.4 Å². The minimum atomic E-state index is -0.599. The molecule has 0 aliphatic heterocycles. The number of aliphatic hydroxyl groups excluding tert-OH is 1. The van der Waals surface area contributed by atoms with Gasteiger partial charge in [-0.1, -0.05) is 29.8 Å². The molecule has 2 atom stereocenters. The van der Waals surface area contributed by atoms with E-state index in [9.17, 15) is 9.50 Å². The van der Waals surface area contributed by atoms with Crippen LogP contribution in [0, 0.1) is 12.7 Å². The van der Waals surface area contributed by atoms with E-state index in [1.165, 1.54) is 11.8 Å². The van der Waals surface area contributed by atoms with Gasteiger partial charge in [0.05, 0.1) is 17.5 Å². The van der Waals surface area contributed by atoms with Crippen LogP contribution < -0.4 is 0 Å². The average molecular weight is 342 g/mol. The number of aromatic nitrogens is 3. The number of hydrogen-bond acceptors (Lipinski definition) is 5. The third-order valence-corrected chi connectivity index (χ3v) is 4.95. The molecule has 2 aromatic rings. The standard InChI is InChI=1S/C15H17ClFN3OS/c1-7-10-12(8-4-3-5-9(21)6-8)19-15(22-2)20-13(10)11(17)14(16)18-7/h8-9,21H,3-6H2,1-2H3/t8?,9-/m1/s1. The molecule has 1 N–H and O–H groups in total. The highest BCUT2D eigenvalue weighted by molar-refractivity contribution is 7.98. The molecule has 0 spiro atoms. The fourth-order valence-corrected chi connectivity index (χ4v) is 3.71. The highest BCUT2D eigenvalue weighted by Gasteiger charge is 2.27. The second-order valence-corrected chi connectivity index (χ2v) is 6.77. The molecule has 7 heteroatoms. The Labute approximate surface area is 137 Å². The van der Waals surface area contributed by atoms with E-state index in [0.717, 1.165) is 25.0 Å². The van der Waals surface area contributed by atoms with E-state index < -0.39 is 5.82 Å². The van der Waals surface area contributed by atoms with Gasteiger partial charge >= 0.3 is 0 Å². The van der Waals surface area contributed by atoms with Crippen LogP contribution in [0.1, 0.15) is 43.0 Å². The van der Waals surface area contributed by atoms with E-state index in [-0.39, 0.29) is 22.7 Å². The number of nitrogens with zero attached hydrogens (tertiary/aromatic N) is 3. The first-order chi connectivity index (χ1) is 10.5. The predicted molar refractivity (Wildman–Crippen MR) is 86.0 cm³/mol. The summed E-state index contributed by atoms with van der Waals surface area (Å²) in [7, 11) is 0. The monoisotopic (exact) mass is 341 g/mol. The van der Waals surface area contributed by atoms with Crippen LogP contribution in [0.2, 0.25) is 5.15 Å². The summed E-state index contributed by atoms with van der Waals surface area (Å²) in [5.41, 5.74) is 1.64. The van der Waals surface area contributed by atoms with Crippen LogP contribution in [0.3, 0.4) is 0 Å². The van der Waals surface area contributed by atoms with E-state index in [0.29, 0.717) is 22.7 Å². The van der Waals surface area contributed by atoms with E-state index in [1.807, 2.05) is 6.26 Å². The van der Waals surface area contributed by atoms with Crippen molar-refractivity contribution in [1.29, 1.82) is 0 Å². The molecule has 4 nitrogen and oxygen atoms in total. The SMILES string of the molecule is CSc1nc(C2CCC[C@@H](O)C2)c2c(C)nc(Cl)c(F)c2n1. The molecule has 0 bridgehead atoms. The number of hydrogen-bond donors (Lipinski definition) is 1. The minimum absolute atomic E-state index is 0.0984. The molecule has 0 saturated heterocycles. The van der Waals surface area contributed by atoms with Crippen LogP contribution in [0.5, 0.6) is 0 Å². The predicted octanol–water partition coefficient (Wildman–Crippen LogP) is 3.87. The highest BCUT2D eigenvalue weighted by Crippen LogP contribution is 2.38. The number of fused-ring (bicyclic) bond motifs is 1. The van der Waals surface area contributed by atoms with Gasteiger partial charge in [0.15, 0.2) is 16.1 Å². The van der Waals surface area contributed by atoms with Crippen molar-refractivity contribution in [3.8, 4) is 0 Å².